The molecule has 0 saturated carbocycles. The van der Waals surface area contributed by atoms with E-state index < -0.39 is 0 Å². The van der Waals surface area contributed by atoms with Crippen LogP contribution >= 0.6 is 0 Å². The van der Waals surface area contributed by atoms with Crippen molar-refractivity contribution in [2.24, 2.45) is 0 Å². The molecule has 1 heterocycles. The number of carbonyl (C=O) groups is 1. The zero-order valence-corrected chi connectivity index (χ0v) is 12.2. The Kier molecular flexibility index (Phi) is 4.01. The van der Waals surface area contributed by atoms with Gasteiger partial charge in [0.2, 0.25) is 0 Å². The van der Waals surface area contributed by atoms with Crippen molar-refractivity contribution in [2.45, 2.75) is 13.0 Å². The van der Waals surface area contributed by atoms with E-state index in [2.05, 4.69) is 10.3 Å². The highest BCUT2D eigenvalue weighted by molar-refractivity contribution is 5.92. The first-order chi connectivity index (χ1) is 10.7. The van der Waals surface area contributed by atoms with E-state index in [4.69, 9.17) is 4.42 Å². The van der Waals surface area contributed by atoms with Crippen LogP contribution in [0.15, 0.2) is 71.3 Å². The molecule has 3 aromatic rings. The highest BCUT2D eigenvalue weighted by Crippen LogP contribution is 2.22. The van der Waals surface area contributed by atoms with Gasteiger partial charge >= 0.3 is 0 Å². The van der Waals surface area contributed by atoms with Crippen LogP contribution in [0.1, 0.15) is 33.5 Å². The maximum absolute atomic E-state index is 12.4. The molecule has 4 nitrogen and oxygen atoms in total. The summed E-state index contributed by atoms with van der Waals surface area (Å²) in [5.74, 6) is 0.218. The van der Waals surface area contributed by atoms with Crippen molar-refractivity contribution in [3.8, 4) is 0 Å². The molecule has 2 aromatic carbocycles. The van der Waals surface area contributed by atoms with Gasteiger partial charge in [-0.15, -0.1) is 0 Å². The fraction of sp³-hybridized carbons (Fsp3) is 0.111. The number of carbonyl (C=O) groups excluding carboxylic acids is 1. The van der Waals surface area contributed by atoms with Crippen molar-refractivity contribution in [1.82, 2.24) is 10.3 Å². The molecule has 1 N–H and O–H groups in total. The van der Waals surface area contributed by atoms with Gasteiger partial charge in [0.05, 0.1) is 6.04 Å². The fourth-order valence-electron chi connectivity index (χ4n) is 2.32. The molecule has 3 rings (SSSR count). The molecular formula is C18H16N2O2. The predicted octanol–water partition coefficient (Wildman–Crippen LogP) is 3.50. The number of aryl methyl sites for hydroxylation is 1. The van der Waals surface area contributed by atoms with Gasteiger partial charge < -0.3 is 9.73 Å². The zero-order valence-electron chi connectivity index (χ0n) is 12.2. The average Bonchev–Trinajstić information content (AvgIpc) is 3.01. The summed E-state index contributed by atoms with van der Waals surface area (Å²) in [7, 11) is 0. The molecule has 0 atom stereocenters. The minimum Gasteiger partial charge on any atom is -0.448 e. The minimum absolute atomic E-state index is 0.230. The van der Waals surface area contributed by atoms with E-state index in [1.807, 2.05) is 60.7 Å². The number of benzene rings is 2. The second-order valence-corrected chi connectivity index (χ2v) is 4.98. The van der Waals surface area contributed by atoms with Crippen LogP contribution in [-0.2, 0) is 0 Å². The molecule has 0 unspecified atom stereocenters. The molecule has 0 saturated heterocycles. The molecule has 22 heavy (non-hydrogen) atoms. The first kappa shape index (κ1) is 14.1. The first-order valence-electron chi connectivity index (χ1n) is 7.07. The van der Waals surface area contributed by atoms with Crippen molar-refractivity contribution in [3.05, 3.63) is 89.6 Å². The van der Waals surface area contributed by atoms with Crippen molar-refractivity contribution in [1.29, 1.82) is 0 Å². The van der Waals surface area contributed by atoms with E-state index >= 15 is 0 Å². The maximum atomic E-state index is 12.4. The van der Waals surface area contributed by atoms with E-state index in [9.17, 15) is 4.79 Å². The van der Waals surface area contributed by atoms with Crippen LogP contribution in [0.5, 0.6) is 0 Å². The third kappa shape index (κ3) is 3.06. The monoisotopic (exact) mass is 292 g/mol. The van der Waals surface area contributed by atoms with Crippen LogP contribution in [0.2, 0.25) is 0 Å². The highest BCUT2D eigenvalue weighted by Gasteiger charge is 2.19. The van der Waals surface area contributed by atoms with Crippen molar-refractivity contribution in [2.75, 3.05) is 0 Å². The summed E-state index contributed by atoms with van der Waals surface area (Å²) in [6, 6.07) is 19.5. The Morgan fingerprint density at radius 1 is 1.00 bits per heavy atom. The third-order valence-corrected chi connectivity index (χ3v) is 3.39. The number of oxazole rings is 1. The lowest BCUT2D eigenvalue weighted by atomic mass is 9.98. The van der Waals surface area contributed by atoms with Gasteiger partial charge in [0, 0.05) is 6.92 Å². The summed E-state index contributed by atoms with van der Waals surface area (Å²) in [6.07, 6.45) is 1.37. The van der Waals surface area contributed by atoms with Crippen LogP contribution in [0.4, 0.5) is 0 Å². The Bertz CT molecular complexity index is 712. The summed E-state index contributed by atoms with van der Waals surface area (Å²) in [5.41, 5.74) is 2.32. The SMILES string of the molecule is Cc1nc(C(=O)NC(c2ccccc2)c2ccccc2)co1. The summed E-state index contributed by atoms with van der Waals surface area (Å²) in [5, 5.41) is 3.02. The third-order valence-electron chi connectivity index (χ3n) is 3.39. The fourth-order valence-corrected chi connectivity index (χ4v) is 2.32. The van der Waals surface area contributed by atoms with Gasteiger partial charge in [0.25, 0.3) is 5.91 Å². The Morgan fingerprint density at radius 3 is 2.00 bits per heavy atom. The number of nitrogens with zero attached hydrogens (tertiary/aromatic N) is 1. The van der Waals surface area contributed by atoms with Gasteiger partial charge in [-0.1, -0.05) is 60.7 Å². The first-order valence-corrected chi connectivity index (χ1v) is 7.07. The molecule has 1 amide bonds. The van der Waals surface area contributed by atoms with E-state index in [0.717, 1.165) is 11.1 Å². The molecule has 0 bridgehead atoms. The Hall–Kier alpha value is -2.88. The summed E-state index contributed by atoms with van der Waals surface area (Å²) in [4.78, 5) is 16.5. The van der Waals surface area contributed by atoms with Crippen LogP contribution < -0.4 is 5.32 Å². The van der Waals surface area contributed by atoms with Crippen LogP contribution in [0, 0.1) is 6.92 Å². The molecule has 0 fully saturated rings. The number of hydrogen-bond acceptors (Lipinski definition) is 3. The van der Waals surface area contributed by atoms with Gasteiger partial charge in [-0.3, -0.25) is 4.79 Å². The second kappa shape index (κ2) is 6.26. The van der Waals surface area contributed by atoms with Gasteiger partial charge in [-0.2, -0.15) is 0 Å². The number of rotatable bonds is 4. The zero-order chi connectivity index (χ0) is 15.4. The second-order valence-electron chi connectivity index (χ2n) is 4.98. The van der Waals surface area contributed by atoms with Gasteiger partial charge in [-0.25, -0.2) is 4.98 Å². The molecule has 110 valence electrons. The van der Waals surface area contributed by atoms with Crippen LogP contribution in [0.3, 0.4) is 0 Å². The van der Waals surface area contributed by atoms with E-state index in [-0.39, 0.29) is 17.6 Å². The Labute approximate surface area is 128 Å². The van der Waals surface area contributed by atoms with E-state index in [0.29, 0.717) is 5.89 Å². The number of hydrogen-bond donors (Lipinski definition) is 1. The lowest BCUT2D eigenvalue weighted by molar-refractivity contribution is 0.0938. The molecule has 1 aromatic heterocycles. The molecule has 4 heteroatoms. The topological polar surface area (TPSA) is 55.1 Å². The Morgan fingerprint density at radius 2 is 1.55 bits per heavy atom. The van der Waals surface area contributed by atoms with Gasteiger partial charge in [0.15, 0.2) is 11.6 Å². The lowest BCUT2D eigenvalue weighted by Gasteiger charge is -2.19. The van der Waals surface area contributed by atoms with E-state index in [1.165, 1.54) is 6.26 Å². The maximum Gasteiger partial charge on any atom is 0.273 e. The summed E-state index contributed by atoms with van der Waals surface area (Å²) < 4.78 is 5.11. The quantitative estimate of drug-likeness (QED) is 0.800. The minimum atomic E-state index is -0.255. The highest BCUT2D eigenvalue weighted by atomic mass is 16.3. The number of nitrogens with one attached hydrogen (secondary N) is 1. The molecular weight excluding hydrogens is 276 g/mol. The number of aromatic nitrogens is 1. The normalized spacial score (nSPS) is 10.6. The van der Waals surface area contributed by atoms with Crippen molar-refractivity contribution < 1.29 is 9.21 Å². The Balaban J connectivity index is 1.91. The van der Waals surface area contributed by atoms with Crippen molar-refractivity contribution in [3.63, 3.8) is 0 Å². The average molecular weight is 292 g/mol. The number of amides is 1. The summed E-state index contributed by atoms with van der Waals surface area (Å²) in [6.45, 7) is 1.71. The molecule has 0 aliphatic carbocycles. The molecule has 0 radical (unpaired) electrons. The smallest absolute Gasteiger partial charge is 0.273 e. The molecule has 0 spiro atoms. The predicted molar refractivity (Wildman–Crippen MR) is 83.4 cm³/mol. The van der Waals surface area contributed by atoms with Gasteiger partial charge in [-0.05, 0) is 11.1 Å². The van der Waals surface area contributed by atoms with Crippen LogP contribution in [0.25, 0.3) is 0 Å². The molecule has 0 aliphatic heterocycles. The largest absolute Gasteiger partial charge is 0.448 e. The van der Waals surface area contributed by atoms with Crippen molar-refractivity contribution >= 4 is 5.91 Å². The van der Waals surface area contributed by atoms with E-state index in [1.54, 1.807) is 6.92 Å². The standard InChI is InChI=1S/C18H16N2O2/c1-13-19-16(12-22-13)18(21)20-17(14-8-4-2-5-9-14)15-10-6-3-7-11-15/h2-12,17H,1H3,(H,20,21). The van der Waals surface area contributed by atoms with Crippen LogP contribution in [-0.4, -0.2) is 10.9 Å². The molecule has 0 aliphatic rings. The van der Waals surface area contributed by atoms with Gasteiger partial charge in [0.1, 0.15) is 6.26 Å². The lowest BCUT2D eigenvalue weighted by Crippen LogP contribution is -2.29. The summed E-state index contributed by atoms with van der Waals surface area (Å²) >= 11 is 0.